The van der Waals surface area contributed by atoms with Crippen LogP contribution in [0.4, 0.5) is 0 Å². The molecule has 0 aliphatic rings. The molecular formula is C12H18N6O2S. The lowest BCUT2D eigenvalue weighted by Gasteiger charge is -2.16. The van der Waals surface area contributed by atoms with E-state index in [-0.39, 0.29) is 6.04 Å². The zero-order valence-corrected chi connectivity index (χ0v) is 13.0. The average Bonchev–Trinajstić information content (AvgIpc) is 2.97. The van der Waals surface area contributed by atoms with E-state index in [1.165, 1.54) is 31.9 Å². The Hall–Kier alpha value is -1.84. The molecule has 1 unspecified atom stereocenters. The third-order valence-electron chi connectivity index (χ3n) is 2.92. The molecule has 2 heterocycles. The van der Waals surface area contributed by atoms with Gasteiger partial charge in [-0.3, -0.25) is 5.84 Å². The van der Waals surface area contributed by atoms with Gasteiger partial charge in [0.05, 0.1) is 31.0 Å². The number of nitrogens with two attached hydrogens (primary N) is 1. The van der Waals surface area contributed by atoms with Crippen molar-refractivity contribution in [2.24, 2.45) is 5.84 Å². The lowest BCUT2D eigenvalue weighted by atomic mass is 10.1. The molecule has 0 aromatic carbocycles. The van der Waals surface area contributed by atoms with Crippen LogP contribution in [0.2, 0.25) is 0 Å². The van der Waals surface area contributed by atoms with Gasteiger partial charge in [-0.2, -0.15) is 4.98 Å². The van der Waals surface area contributed by atoms with Gasteiger partial charge in [-0.05, 0) is 18.0 Å². The van der Waals surface area contributed by atoms with Gasteiger partial charge in [-0.25, -0.2) is 10.4 Å². The fraction of sp³-hybridized carbons (Fsp3) is 0.500. The van der Waals surface area contributed by atoms with Gasteiger partial charge in [0.25, 0.3) is 0 Å². The zero-order chi connectivity index (χ0) is 15.2. The number of methoxy groups -OCH3 is 2. The van der Waals surface area contributed by atoms with E-state index in [2.05, 4.69) is 31.9 Å². The molecule has 0 saturated carbocycles. The molecule has 2 rings (SSSR count). The highest BCUT2D eigenvalue weighted by Gasteiger charge is 2.25. The van der Waals surface area contributed by atoms with E-state index in [4.69, 9.17) is 15.3 Å². The minimum absolute atomic E-state index is 0.355. The summed E-state index contributed by atoms with van der Waals surface area (Å²) < 4.78 is 14.3. The molecule has 0 saturated heterocycles. The average molecular weight is 310 g/mol. The molecule has 0 aliphatic carbocycles. The summed E-state index contributed by atoms with van der Waals surface area (Å²) in [5.41, 5.74) is 4.22. The van der Waals surface area contributed by atoms with Crippen molar-refractivity contribution in [2.75, 3.05) is 14.2 Å². The Balaban J connectivity index is 2.43. The molecule has 0 spiro atoms. The van der Waals surface area contributed by atoms with Crippen LogP contribution in [0.25, 0.3) is 0 Å². The number of nitrogens with one attached hydrogen (secondary N) is 1. The lowest BCUT2D eigenvalue weighted by molar-refractivity contribution is 0.352. The summed E-state index contributed by atoms with van der Waals surface area (Å²) in [7, 11) is 3.05. The lowest BCUT2D eigenvalue weighted by Crippen LogP contribution is -2.30. The van der Waals surface area contributed by atoms with Crippen LogP contribution in [0.1, 0.15) is 35.7 Å². The second-order valence-electron chi connectivity index (χ2n) is 4.24. The highest BCUT2D eigenvalue weighted by atomic mass is 32.1. The van der Waals surface area contributed by atoms with Crippen LogP contribution < -0.4 is 20.7 Å². The SMILES string of the molecule is CCCc1nnsc1C(NN)c1ncc(OC)nc1OC. The van der Waals surface area contributed by atoms with Gasteiger partial charge in [-0.1, -0.05) is 17.8 Å². The second kappa shape index (κ2) is 7.25. The largest absolute Gasteiger partial charge is 0.480 e. The van der Waals surface area contributed by atoms with Crippen LogP contribution in [0.3, 0.4) is 0 Å². The third kappa shape index (κ3) is 3.26. The minimum atomic E-state index is -0.375. The Morgan fingerprint density at radius 3 is 2.81 bits per heavy atom. The maximum Gasteiger partial charge on any atom is 0.240 e. The molecule has 0 bridgehead atoms. The number of aryl methyl sites for hydroxylation is 1. The first-order valence-corrected chi connectivity index (χ1v) is 7.24. The number of rotatable bonds is 7. The Labute approximate surface area is 126 Å². The summed E-state index contributed by atoms with van der Waals surface area (Å²) in [4.78, 5) is 9.48. The fourth-order valence-corrected chi connectivity index (χ4v) is 2.70. The van der Waals surface area contributed by atoms with Crippen LogP contribution in [0, 0.1) is 0 Å². The standard InChI is InChI=1S/C12H18N6O2S/c1-4-5-7-11(21-18-17-7)9(16-13)10-12(20-3)15-8(19-2)6-14-10/h6,9,16H,4-5,13H2,1-3H3. The van der Waals surface area contributed by atoms with E-state index >= 15 is 0 Å². The monoisotopic (exact) mass is 310 g/mol. The van der Waals surface area contributed by atoms with E-state index in [9.17, 15) is 0 Å². The maximum atomic E-state index is 5.70. The molecule has 9 heteroatoms. The number of aromatic nitrogens is 4. The van der Waals surface area contributed by atoms with Gasteiger partial charge in [0.2, 0.25) is 11.8 Å². The molecule has 8 nitrogen and oxygen atoms in total. The van der Waals surface area contributed by atoms with Crippen molar-refractivity contribution >= 4 is 11.5 Å². The summed E-state index contributed by atoms with van der Waals surface area (Å²) in [5, 5.41) is 4.15. The zero-order valence-electron chi connectivity index (χ0n) is 12.2. The summed E-state index contributed by atoms with van der Waals surface area (Å²) in [5.74, 6) is 6.43. The molecule has 0 aliphatic heterocycles. The highest BCUT2D eigenvalue weighted by molar-refractivity contribution is 7.05. The van der Waals surface area contributed by atoms with Crippen molar-refractivity contribution in [3.8, 4) is 11.8 Å². The van der Waals surface area contributed by atoms with Crippen molar-refractivity contribution in [3.05, 3.63) is 22.5 Å². The third-order valence-corrected chi connectivity index (χ3v) is 3.75. The molecule has 1 atom stereocenters. The minimum Gasteiger partial charge on any atom is -0.480 e. The van der Waals surface area contributed by atoms with Crippen molar-refractivity contribution in [1.82, 2.24) is 25.0 Å². The molecule has 2 aromatic rings. The molecule has 3 N–H and O–H groups in total. The van der Waals surface area contributed by atoms with Crippen LogP contribution in [-0.4, -0.2) is 33.8 Å². The van der Waals surface area contributed by atoms with E-state index in [1.54, 1.807) is 0 Å². The van der Waals surface area contributed by atoms with Crippen LogP contribution in [0.5, 0.6) is 11.8 Å². The second-order valence-corrected chi connectivity index (χ2v) is 5.03. The highest BCUT2D eigenvalue weighted by Crippen LogP contribution is 2.31. The summed E-state index contributed by atoms with van der Waals surface area (Å²) in [6.07, 6.45) is 3.33. The van der Waals surface area contributed by atoms with Crippen molar-refractivity contribution in [3.63, 3.8) is 0 Å². The first-order chi connectivity index (χ1) is 10.2. The van der Waals surface area contributed by atoms with E-state index < -0.39 is 0 Å². The number of hydrazine groups is 1. The number of hydrogen-bond donors (Lipinski definition) is 2. The van der Waals surface area contributed by atoms with E-state index in [0.717, 1.165) is 23.4 Å². The normalized spacial score (nSPS) is 12.2. The fourth-order valence-electron chi connectivity index (χ4n) is 1.94. The first-order valence-electron chi connectivity index (χ1n) is 6.47. The topological polar surface area (TPSA) is 108 Å². The summed E-state index contributed by atoms with van der Waals surface area (Å²) >= 11 is 1.29. The maximum absolute atomic E-state index is 5.70. The molecule has 114 valence electrons. The van der Waals surface area contributed by atoms with Crippen LogP contribution >= 0.6 is 11.5 Å². The Morgan fingerprint density at radius 2 is 2.19 bits per heavy atom. The predicted octanol–water partition coefficient (Wildman–Crippen LogP) is 0.850. The van der Waals surface area contributed by atoms with Gasteiger partial charge in [-0.15, -0.1) is 5.10 Å². The molecule has 0 fully saturated rings. The molecule has 0 amide bonds. The Morgan fingerprint density at radius 1 is 1.38 bits per heavy atom. The molecule has 0 radical (unpaired) electrons. The predicted molar refractivity (Wildman–Crippen MR) is 78.2 cm³/mol. The number of nitrogens with zero attached hydrogens (tertiary/aromatic N) is 4. The Kier molecular flexibility index (Phi) is 5.37. The Bertz CT molecular complexity index is 591. The quantitative estimate of drug-likeness (QED) is 0.572. The van der Waals surface area contributed by atoms with Crippen LogP contribution in [-0.2, 0) is 6.42 Å². The van der Waals surface area contributed by atoms with Crippen molar-refractivity contribution < 1.29 is 9.47 Å². The molecule has 21 heavy (non-hydrogen) atoms. The smallest absolute Gasteiger partial charge is 0.240 e. The van der Waals surface area contributed by atoms with Gasteiger partial charge in [0, 0.05) is 0 Å². The van der Waals surface area contributed by atoms with Gasteiger partial charge in [0.15, 0.2) is 0 Å². The molecular weight excluding hydrogens is 292 g/mol. The van der Waals surface area contributed by atoms with Gasteiger partial charge < -0.3 is 9.47 Å². The molecule has 2 aromatic heterocycles. The van der Waals surface area contributed by atoms with Crippen LogP contribution in [0.15, 0.2) is 6.20 Å². The first kappa shape index (κ1) is 15.5. The van der Waals surface area contributed by atoms with E-state index in [1.807, 2.05) is 0 Å². The number of hydrogen-bond acceptors (Lipinski definition) is 9. The summed E-state index contributed by atoms with van der Waals surface area (Å²) in [6, 6.07) is -0.375. The van der Waals surface area contributed by atoms with Crippen molar-refractivity contribution in [1.29, 1.82) is 0 Å². The van der Waals surface area contributed by atoms with Gasteiger partial charge in [0.1, 0.15) is 11.7 Å². The summed E-state index contributed by atoms with van der Waals surface area (Å²) in [6.45, 7) is 2.09. The van der Waals surface area contributed by atoms with Gasteiger partial charge >= 0.3 is 0 Å². The van der Waals surface area contributed by atoms with Crippen molar-refractivity contribution in [2.45, 2.75) is 25.8 Å². The number of ether oxygens (including phenoxy) is 2. The van der Waals surface area contributed by atoms with E-state index in [0.29, 0.717) is 17.5 Å².